The minimum atomic E-state index is 0.0879. The number of benzene rings is 1. The maximum atomic E-state index is 12.7. The number of carbonyl (C=O) groups excluding carboxylic acids is 1. The molecule has 1 N–H and O–H groups in total. The van der Waals surface area contributed by atoms with Crippen molar-refractivity contribution in [2.75, 3.05) is 0 Å². The Hall–Kier alpha value is -2.76. The Labute approximate surface area is 159 Å². The van der Waals surface area contributed by atoms with Gasteiger partial charge in [-0.2, -0.15) is 10.1 Å². The molecule has 1 aromatic carbocycles. The van der Waals surface area contributed by atoms with Gasteiger partial charge in [-0.3, -0.25) is 4.79 Å². The molecule has 1 aliphatic rings. The zero-order valence-corrected chi connectivity index (χ0v) is 16.1. The molecule has 0 saturated heterocycles. The van der Waals surface area contributed by atoms with E-state index in [4.69, 9.17) is 0 Å². The SMILES string of the molecule is Cc1ccc(C(NC(=O)CCc2c(C)nc3ncnn3c2C)C2CC2)cc1. The number of rotatable bonds is 6. The highest BCUT2D eigenvalue weighted by Crippen LogP contribution is 2.41. The molecule has 1 unspecified atom stereocenters. The number of amides is 1. The number of fused-ring (bicyclic) bond motifs is 1. The Kier molecular flexibility index (Phi) is 4.64. The summed E-state index contributed by atoms with van der Waals surface area (Å²) in [5.41, 5.74) is 5.43. The van der Waals surface area contributed by atoms with Crippen molar-refractivity contribution in [1.82, 2.24) is 24.9 Å². The van der Waals surface area contributed by atoms with Crippen LogP contribution in [0.2, 0.25) is 0 Å². The molecule has 6 nitrogen and oxygen atoms in total. The number of aryl methyl sites for hydroxylation is 3. The first-order chi connectivity index (χ1) is 13.0. The highest BCUT2D eigenvalue weighted by Gasteiger charge is 2.33. The first kappa shape index (κ1) is 17.6. The quantitative estimate of drug-likeness (QED) is 0.730. The summed E-state index contributed by atoms with van der Waals surface area (Å²) in [5, 5.41) is 7.48. The van der Waals surface area contributed by atoms with Crippen LogP contribution in [0.3, 0.4) is 0 Å². The second-order valence-corrected chi connectivity index (χ2v) is 7.53. The van der Waals surface area contributed by atoms with E-state index < -0.39 is 0 Å². The van der Waals surface area contributed by atoms with E-state index in [2.05, 4.69) is 51.6 Å². The average molecular weight is 363 g/mol. The molecule has 27 heavy (non-hydrogen) atoms. The topological polar surface area (TPSA) is 72.2 Å². The Bertz CT molecular complexity index is 972. The summed E-state index contributed by atoms with van der Waals surface area (Å²) < 4.78 is 1.74. The first-order valence-corrected chi connectivity index (χ1v) is 9.54. The van der Waals surface area contributed by atoms with E-state index in [9.17, 15) is 4.79 Å². The van der Waals surface area contributed by atoms with Gasteiger partial charge in [0.15, 0.2) is 0 Å². The number of nitrogens with one attached hydrogen (secondary N) is 1. The third kappa shape index (κ3) is 3.70. The Morgan fingerprint density at radius 2 is 1.96 bits per heavy atom. The molecule has 1 fully saturated rings. The van der Waals surface area contributed by atoms with Gasteiger partial charge in [-0.1, -0.05) is 29.8 Å². The van der Waals surface area contributed by atoms with E-state index >= 15 is 0 Å². The monoisotopic (exact) mass is 363 g/mol. The van der Waals surface area contributed by atoms with Crippen molar-refractivity contribution < 1.29 is 4.79 Å². The van der Waals surface area contributed by atoms with Crippen LogP contribution in [0.15, 0.2) is 30.6 Å². The number of aromatic nitrogens is 4. The van der Waals surface area contributed by atoms with Crippen molar-refractivity contribution in [1.29, 1.82) is 0 Å². The number of hydrogen-bond donors (Lipinski definition) is 1. The third-order valence-electron chi connectivity index (χ3n) is 5.44. The molecule has 1 atom stereocenters. The summed E-state index contributed by atoms with van der Waals surface area (Å²) in [7, 11) is 0. The van der Waals surface area contributed by atoms with Gasteiger partial charge in [-0.15, -0.1) is 0 Å². The van der Waals surface area contributed by atoms with Crippen LogP contribution in [0.5, 0.6) is 0 Å². The van der Waals surface area contributed by atoms with Crippen molar-refractivity contribution in [2.45, 2.75) is 52.5 Å². The van der Waals surface area contributed by atoms with E-state index in [1.54, 1.807) is 4.52 Å². The molecule has 1 aliphatic carbocycles. The lowest BCUT2D eigenvalue weighted by Gasteiger charge is -2.19. The molecule has 1 amide bonds. The average Bonchev–Trinajstić information content (AvgIpc) is 3.38. The zero-order valence-electron chi connectivity index (χ0n) is 16.1. The highest BCUT2D eigenvalue weighted by atomic mass is 16.1. The van der Waals surface area contributed by atoms with Crippen LogP contribution in [-0.4, -0.2) is 25.5 Å². The van der Waals surface area contributed by atoms with Crippen molar-refractivity contribution in [3.8, 4) is 0 Å². The molecule has 140 valence electrons. The van der Waals surface area contributed by atoms with Crippen LogP contribution >= 0.6 is 0 Å². The molecule has 0 bridgehead atoms. The highest BCUT2D eigenvalue weighted by molar-refractivity contribution is 5.77. The second kappa shape index (κ2) is 7.10. The van der Waals surface area contributed by atoms with Gasteiger partial charge in [-0.25, -0.2) is 9.50 Å². The summed E-state index contributed by atoms with van der Waals surface area (Å²) in [6, 6.07) is 8.62. The summed E-state index contributed by atoms with van der Waals surface area (Å²) in [4.78, 5) is 21.3. The maximum absolute atomic E-state index is 12.7. The number of hydrogen-bond acceptors (Lipinski definition) is 4. The smallest absolute Gasteiger partial charge is 0.252 e. The first-order valence-electron chi connectivity index (χ1n) is 9.54. The fourth-order valence-corrected chi connectivity index (χ4v) is 3.68. The Morgan fingerprint density at radius 3 is 2.67 bits per heavy atom. The van der Waals surface area contributed by atoms with Crippen molar-refractivity contribution in [3.05, 3.63) is 58.7 Å². The molecule has 2 heterocycles. The Balaban J connectivity index is 1.45. The zero-order chi connectivity index (χ0) is 19.0. The lowest BCUT2D eigenvalue weighted by Crippen LogP contribution is -2.30. The predicted octanol–water partition coefficient (Wildman–Crippen LogP) is 3.25. The minimum absolute atomic E-state index is 0.0879. The molecular formula is C21H25N5O. The molecule has 4 rings (SSSR count). The minimum Gasteiger partial charge on any atom is -0.349 e. The van der Waals surface area contributed by atoms with Gasteiger partial charge >= 0.3 is 0 Å². The fraction of sp³-hybridized carbons (Fsp3) is 0.429. The third-order valence-corrected chi connectivity index (χ3v) is 5.44. The lowest BCUT2D eigenvalue weighted by atomic mass is 10.0. The molecular weight excluding hydrogens is 338 g/mol. The predicted molar refractivity (Wildman–Crippen MR) is 103 cm³/mol. The van der Waals surface area contributed by atoms with E-state index in [1.807, 2.05) is 13.8 Å². The summed E-state index contributed by atoms with van der Waals surface area (Å²) in [6.45, 7) is 6.05. The summed E-state index contributed by atoms with van der Waals surface area (Å²) in [6.07, 6.45) is 4.97. The van der Waals surface area contributed by atoms with Gasteiger partial charge in [-0.05, 0) is 57.1 Å². The van der Waals surface area contributed by atoms with Gasteiger partial charge in [0.2, 0.25) is 5.91 Å². The van der Waals surface area contributed by atoms with Crippen LogP contribution in [0.25, 0.3) is 5.78 Å². The second-order valence-electron chi connectivity index (χ2n) is 7.53. The summed E-state index contributed by atoms with van der Waals surface area (Å²) >= 11 is 0. The lowest BCUT2D eigenvalue weighted by molar-refractivity contribution is -0.122. The van der Waals surface area contributed by atoms with Crippen molar-refractivity contribution in [2.24, 2.45) is 5.92 Å². The van der Waals surface area contributed by atoms with Gasteiger partial charge < -0.3 is 5.32 Å². The molecule has 1 saturated carbocycles. The van der Waals surface area contributed by atoms with Crippen LogP contribution in [0.4, 0.5) is 0 Å². The largest absolute Gasteiger partial charge is 0.349 e. The van der Waals surface area contributed by atoms with Gasteiger partial charge in [0.25, 0.3) is 5.78 Å². The van der Waals surface area contributed by atoms with Gasteiger partial charge in [0.1, 0.15) is 6.33 Å². The van der Waals surface area contributed by atoms with Gasteiger partial charge in [0, 0.05) is 17.8 Å². The molecule has 2 aromatic heterocycles. The molecule has 0 spiro atoms. The van der Waals surface area contributed by atoms with Crippen LogP contribution in [0.1, 0.15) is 53.4 Å². The van der Waals surface area contributed by atoms with Crippen LogP contribution in [-0.2, 0) is 11.2 Å². The molecule has 0 radical (unpaired) electrons. The fourth-order valence-electron chi connectivity index (χ4n) is 3.68. The molecule has 6 heteroatoms. The van der Waals surface area contributed by atoms with Crippen LogP contribution < -0.4 is 5.32 Å². The maximum Gasteiger partial charge on any atom is 0.252 e. The number of nitrogens with zero attached hydrogens (tertiary/aromatic N) is 4. The van der Waals surface area contributed by atoms with E-state index in [0.717, 1.165) is 17.0 Å². The van der Waals surface area contributed by atoms with Gasteiger partial charge in [0.05, 0.1) is 6.04 Å². The number of carbonyl (C=O) groups is 1. The molecule has 3 aromatic rings. The Morgan fingerprint density at radius 1 is 1.22 bits per heavy atom. The summed E-state index contributed by atoms with van der Waals surface area (Å²) in [5.74, 6) is 1.25. The standard InChI is InChI=1S/C21H25N5O/c1-13-4-6-16(7-5-13)20(17-8-9-17)25-19(27)11-10-18-14(2)24-21-22-12-23-26(21)15(18)3/h4-7,12,17,20H,8-11H2,1-3H3,(H,25,27). The van der Waals surface area contributed by atoms with Crippen LogP contribution in [0, 0.1) is 26.7 Å². The molecule has 0 aliphatic heterocycles. The van der Waals surface area contributed by atoms with Crippen molar-refractivity contribution >= 4 is 11.7 Å². The van der Waals surface area contributed by atoms with E-state index in [1.165, 1.54) is 30.3 Å². The van der Waals surface area contributed by atoms with Crippen molar-refractivity contribution in [3.63, 3.8) is 0 Å². The normalized spacial score (nSPS) is 15.1. The van der Waals surface area contributed by atoms with E-state index in [0.29, 0.717) is 24.5 Å². The van der Waals surface area contributed by atoms with E-state index in [-0.39, 0.29) is 11.9 Å².